The predicted octanol–water partition coefficient (Wildman–Crippen LogP) is 2.96. The molecule has 15 heavy (non-hydrogen) atoms. The number of aromatic nitrogens is 2. The van der Waals surface area contributed by atoms with Crippen LogP contribution in [0.1, 0.15) is 11.3 Å². The predicted molar refractivity (Wildman–Crippen MR) is 49.3 cm³/mol. The summed E-state index contributed by atoms with van der Waals surface area (Å²) in [5.74, 6) is 0. The number of alkyl halides is 3. The van der Waals surface area contributed by atoms with Crippen LogP contribution < -0.4 is 0 Å². The Morgan fingerprint density at radius 2 is 1.93 bits per heavy atom. The summed E-state index contributed by atoms with van der Waals surface area (Å²) in [5.41, 5.74) is 0.270. The second-order valence-corrected chi connectivity index (χ2v) is 3.21. The van der Waals surface area contributed by atoms with Gasteiger partial charge in [-0.2, -0.15) is 13.2 Å². The molecule has 0 radical (unpaired) electrons. The van der Waals surface area contributed by atoms with Crippen molar-refractivity contribution >= 4 is 10.9 Å². The van der Waals surface area contributed by atoms with E-state index < -0.39 is 11.9 Å². The lowest BCUT2D eigenvalue weighted by Crippen LogP contribution is -2.07. The summed E-state index contributed by atoms with van der Waals surface area (Å²) in [6.07, 6.45) is -1.72. The van der Waals surface area contributed by atoms with Crippen LogP contribution in [-0.4, -0.2) is 9.97 Å². The summed E-state index contributed by atoms with van der Waals surface area (Å²) < 4.78 is 37.0. The minimum Gasteiger partial charge on any atom is -0.256 e. The van der Waals surface area contributed by atoms with Crippen LogP contribution in [0.15, 0.2) is 24.5 Å². The molecule has 0 bridgehead atoms. The van der Waals surface area contributed by atoms with Gasteiger partial charge in [0, 0.05) is 17.8 Å². The molecule has 0 aromatic carbocycles. The van der Waals surface area contributed by atoms with Crippen LogP contribution in [0, 0.1) is 6.92 Å². The second kappa shape index (κ2) is 3.18. The molecule has 0 saturated heterocycles. The van der Waals surface area contributed by atoms with Crippen LogP contribution in [-0.2, 0) is 6.18 Å². The number of nitrogens with zero attached hydrogens (tertiary/aromatic N) is 2. The number of hydrogen-bond acceptors (Lipinski definition) is 2. The van der Waals surface area contributed by atoms with Gasteiger partial charge in [0.15, 0.2) is 0 Å². The van der Waals surface area contributed by atoms with Crippen LogP contribution in [0.5, 0.6) is 0 Å². The van der Waals surface area contributed by atoms with Gasteiger partial charge in [0.2, 0.25) is 0 Å². The zero-order valence-corrected chi connectivity index (χ0v) is 7.84. The topological polar surface area (TPSA) is 25.8 Å². The number of hydrogen-bond donors (Lipinski definition) is 0. The van der Waals surface area contributed by atoms with Crippen LogP contribution in [0.25, 0.3) is 10.9 Å². The van der Waals surface area contributed by atoms with Crippen LogP contribution >= 0.6 is 0 Å². The Bertz CT molecular complexity index is 505. The molecule has 0 N–H and O–H groups in total. The first-order chi connectivity index (χ1) is 6.98. The lowest BCUT2D eigenvalue weighted by atomic mass is 10.1. The van der Waals surface area contributed by atoms with Crippen molar-refractivity contribution < 1.29 is 13.2 Å². The lowest BCUT2D eigenvalue weighted by molar-refractivity contribution is -0.141. The molecule has 0 aliphatic carbocycles. The van der Waals surface area contributed by atoms with Crippen molar-refractivity contribution in [2.24, 2.45) is 0 Å². The molecule has 0 aliphatic heterocycles. The van der Waals surface area contributed by atoms with E-state index in [0.29, 0.717) is 10.9 Å². The van der Waals surface area contributed by atoms with E-state index in [2.05, 4.69) is 9.97 Å². The van der Waals surface area contributed by atoms with E-state index in [1.807, 2.05) is 0 Å². The average molecular weight is 212 g/mol. The summed E-state index contributed by atoms with van der Waals surface area (Å²) in [7, 11) is 0. The first kappa shape index (κ1) is 9.89. The molecular weight excluding hydrogens is 205 g/mol. The number of fused-ring (bicyclic) bond motifs is 1. The van der Waals surface area contributed by atoms with E-state index in [0.717, 1.165) is 11.6 Å². The normalized spacial score (nSPS) is 12.0. The highest BCUT2D eigenvalue weighted by atomic mass is 19.4. The zero-order valence-electron chi connectivity index (χ0n) is 7.84. The van der Waals surface area contributed by atoms with Crippen LogP contribution in [0.4, 0.5) is 13.2 Å². The maximum Gasteiger partial charge on any atom is 0.433 e. The molecule has 0 aliphatic rings. The summed E-state index contributed by atoms with van der Waals surface area (Å²) >= 11 is 0. The molecule has 0 spiro atoms. The standard InChI is InChI=1S/C10H7F3N2/c1-6-2-3-14-8-4-9(10(11,12)13)15-5-7(6)8/h2-5H,1H3. The third-order valence-electron chi connectivity index (χ3n) is 2.14. The van der Waals surface area contributed by atoms with E-state index in [9.17, 15) is 13.2 Å². The smallest absolute Gasteiger partial charge is 0.256 e. The Balaban J connectivity index is 2.68. The van der Waals surface area contributed by atoms with E-state index in [-0.39, 0.29) is 0 Å². The van der Waals surface area contributed by atoms with Gasteiger partial charge in [-0.1, -0.05) is 0 Å². The Hall–Kier alpha value is -1.65. The van der Waals surface area contributed by atoms with Crippen molar-refractivity contribution in [1.29, 1.82) is 0 Å². The number of pyridine rings is 2. The lowest BCUT2D eigenvalue weighted by Gasteiger charge is -2.06. The van der Waals surface area contributed by atoms with Gasteiger partial charge < -0.3 is 0 Å². The van der Waals surface area contributed by atoms with Gasteiger partial charge in [0.1, 0.15) is 5.69 Å². The van der Waals surface area contributed by atoms with Crippen molar-refractivity contribution in [2.75, 3.05) is 0 Å². The molecule has 2 heterocycles. The van der Waals surface area contributed by atoms with E-state index >= 15 is 0 Å². The molecular formula is C10H7F3N2. The molecule has 5 heteroatoms. The van der Waals surface area contributed by atoms with Gasteiger partial charge in [-0.25, -0.2) is 0 Å². The van der Waals surface area contributed by atoms with E-state index in [4.69, 9.17) is 0 Å². The van der Waals surface area contributed by atoms with Crippen LogP contribution in [0.3, 0.4) is 0 Å². The van der Waals surface area contributed by atoms with Crippen molar-refractivity contribution in [3.8, 4) is 0 Å². The summed E-state index contributed by atoms with van der Waals surface area (Å²) in [4.78, 5) is 7.25. The fourth-order valence-corrected chi connectivity index (χ4v) is 1.33. The SMILES string of the molecule is Cc1ccnc2cc(C(F)(F)F)ncc12. The Kier molecular flexibility index (Phi) is 2.10. The third kappa shape index (κ3) is 1.77. The van der Waals surface area contributed by atoms with Gasteiger partial charge in [-0.3, -0.25) is 9.97 Å². The highest BCUT2D eigenvalue weighted by Gasteiger charge is 2.32. The molecule has 0 fully saturated rings. The maximum absolute atomic E-state index is 12.3. The number of aryl methyl sites for hydroxylation is 1. The quantitative estimate of drug-likeness (QED) is 0.670. The first-order valence-electron chi connectivity index (χ1n) is 4.27. The van der Waals surface area contributed by atoms with Gasteiger partial charge in [0.05, 0.1) is 5.52 Å². The minimum atomic E-state index is -4.42. The molecule has 0 saturated carbocycles. The largest absolute Gasteiger partial charge is 0.433 e. The molecule has 0 amide bonds. The van der Waals surface area contributed by atoms with Gasteiger partial charge in [-0.15, -0.1) is 0 Å². The fraction of sp³-hybridized carbons (Fsp3) is 0.200. The first-order valence-corrected chi connectivity index (χ1v) is 4.27. The monoisotopic (exact) mass is 212 g/mol. The van der Waals surface area contributed by atoms with Gasteiger partial charge >= 0.3 is 6.18 Å². The molecule has 2 nitrogen and oxygen atoms in total. The molecule has 0 unspecified atom stereocenters. The van der Waals surface area contributed by atoms with Gasteiger partial charge in [0.25, 0.3) is 0 Å². The molecule has 2 aromatic heterocycles. The number of halogens is 3. The highest BCUT2D eigenvalue weighted by Crippen LogP contribution is 2.29. The zero-order chi connectivity index (χ0) is 11.1. The number of rotatable bonds is 0. The molecule has 78 valence electrons. The van der Waals surface area contributed by atoms with Gasteiger partial charge in [-0.05, 0) is 24.6 Å². The van der Waals surface area contributed by atoms with E-state index in [1.165, 1.54) is 12.4 Å². The summed E-state index contributed by atoms with van der Waals surface area (Å²) in [6, 6.07) is 2.69. The van der Waals surface area contributed by atoms with Crippen molar-refractivity contribution in [3.05, 3.63) is 35.8 Å². The van der Waals surface area contributed by atoms with Crippen molar-refractivity contribution in [3.63, 3.8) is 0 Å². The Labute approximate surface area is 83.8 Å². The van der Waals surface area contributed by atoms with Crippen LogP contribution in [0.2, 0.25) is 0 Å². The second-order valence-electron chi connectivity index (χ2n) is 3.21. The minimum absolute atomic E-state index is 0.317. The summed E-state index contributed by atoms with van der Waals surface area (Å²) in [6.45, 7) is 1.80. The maximum atomic E-state index is 12.3. The highest BCUT2D eigenvalue weighted by molar-refractivity contribution is 5.81. The van der Waals surface area contributed by atoms with Crippen molar-refractivity contribution in [2.45, 2.75) is 13.1 Å². The molecule has 2 rings (SSSR count). The Morgan fingerprint density at radius 1 is 1.20 bits per heavy atom. The van der Waals surface area contributed by atoms with E-state index in [1.54, 1.807) is 13.0 Å². The Morgan fingerprint density at radius 3 is 2.60 bits per heavy atom. The molecule has 2 aromatic rings. The third-order valence-corrected chi connectivity index (χ3v) is 2.14. The average Bonchev–Trinajstić information content (AvgIpc) is 2.16. The summed E-state index contributed by atoms with van der Waals surface area (Å²) in [5, 5.41) is 0.644. The van der Waals surface area contributed by atoms with Crippen molar-refractivity contribution in [1.82, 2.24) is 9.97 Å². The fourth-order valence-electron chi connectivity index (χ4n) is 1.33. The molecule has 0 atom stereocenters.